The van der Waals surface area contributed by atoms with Crippen LogP contribution in [0, 0.1) is 0 Å². The summed E-state index contributed by atoms with van der Waals surface area (Å²) in [5.74, 6) is 0. The van der Waals surface area contributed by atoms with Gasteiger partial charge in [-0.2, -0.15) is 0 Å². The van der Waals surface area contributed by atoms with Crippen molar-refractivity contribution in [3.63, 3.8) is 0 Å². The monoisotopic (exact) mass is 193 g/mol. The molecule has 1 aromatic carbocycles. The molecule has 0 bridgehead atoms. The zero-order chi connectivity index (χ0) is 9.40. The Kier molecular flexibility index (Phi) is 7.60. The fourth-order valence-corrected chi connectivity index (χ4v) is 1.25. The van der Waals surface area contributed by atoms with Gasteiger partial charge in [0.2, 0.25) is 0 Å². The molecule has 0 heterocycles. The van der Waals surface area contributed by atoms with E-state index in [1.807, 2.05) is 14.6 Å². The van der Waals surface area contributed by atoms with E-state index in [0.29, 0.717) is 0 Å². The molecular weight excluding hydrogens is 179 g/mol. The average molecular weight is 193 g/mol. The average Bonchev–Trinajstić information content (AvgIpc) is 2.20. The second kappa shape index (κ2) is 7.61. The minimum atomic E-state index is 1.16. The van der Waals surface area contributed by atoms with Gasteiger partial charge in [-0.3, -0.25) is 0 Å². The van der Waals surface area contributed by atoms with E-state index in [2.05, 4.69) is 48.6 Å². The van der Waals surface area contributed by atoms with Crippen molar-refractivity contribution < 1.29 is 0 Å². The van der Waals surface area contributed by atoms with Crippen LogP contribution in [0.4, 0.5) is 0 Å². The molecule has 0 unspecified atom stereocenters. The third kappa shape index (κ3) is 3.58. The van der Waals surface area contributed by atoms with Crippen molar-refractivity contribution >= 4 is 25.1 Å². The Balaban J connectivity index is 0.000000561. The fourth-order valence-electron chi connectivity index (χ4n) is 1.25. The van der Waals surface area contributed by atoms with Crippen molar-refractivity contribution in [1.82, 2.24) is 0 Å². The summed E-state index contributed by atoms with van der Waals surface area (Å²) in [6.45, 7) is 4.41. The molecule has 0 nitrogen and oxygen atoms in total. The predicted molar refractivity (Wildman–Crippen MR) is 58.5 cm³/mol. The Labute approximate surface area is 87.2 Å². The van der Waals surface area contributed by atoms with Crippen LogP contribution in [0.2, 0.25) is 0 Å². The second-order valence-corrected chi connectivity index (χ2v) is 2.48. The van der Waals surface area contributed by atoms with Gasteiger partial charge in [0.1, 0.15) is 0 Å². The molecular formula is C10H14AlS. The Morgan fingerprint density at radius 2 is 1.33 bits per heavy atom. The molecule has 0 atom stereocenters. The van der Waals surface area contributed by atoms with Gasteiger partial charge in [-0.05, 0) is 24.0 Å². The van der Waals surface area contributed by atoms with Gasteiger partial charge in [0.25, 0.3) is 0 Å². The van der Waals surface area contributed by atoms with Crippen molar-refractivity contribution in [1.29, 1.82) is 0 Å². The Bertz CT molecular complexity index is 200. The van der Waals surface area contributed by atoms with Gasteiger partial charge in [-0.15, -0.1) is 0 Å². The molecule has 0 aromatic heterocycles. The van der Waals surface area contributed by atoms with Gasteiger partial charge in [0.05, 0.1) is 0 Å². The summed E-state index contributed by atoms with van der Waals surface area (Å²) >= 11 is 2.00. The van der Waals surface area contributed by atoms with Gasteiger partial charge in [-0.25, -0.2) is 0 Å². The van der Waals surface area contributed by atoms with E-state index in [1.165, 1.54) is 11.1 Å². The normalized spacial score (nSPS) is 8.42. The van der Waals surface area contributed by atoms with Gasteiger partial charge in [0, 0.05) is 0 Å². The van der Waals surface area contributed by atoms with E-state index in [9.17, 15) is 0 Å². The van der Waals surface area contributed by atoms with Crippen molar-refractivity contribution in [3.8, 4) is 0 Å². The Morgan fingerprint density at radius 1 is 1.00 bits per heavy atom. The van der Waals surface area contributed by atoms with Crippen molar-refractivity contribution in [2.75, 3.05) is 0 Å². The maximum absolute atomic E-state index is 4.00. The van der Waals surface area contributed by atoms with Crippen molar-refractivity contribution in [2.24, 2.45) is 0 Å². The number of rotatable bonds is 2. The third-order valence-corrected chi connectivity index (χ3v) is 1.88. The Hall–Kier alpha value is -0.0275. The van der Waals surface area contributed by atoms with Crippen LogP contribution < -0.4 is 0 Å². The van der Waals surface area contributed by atoms with Crippen LogP contribution in [0.5, 0.6) is 0 Å². The number of aryl methyl sites for hydroxylation is 2. The molecule has 0 saturated heterocycles. The second-order valence-electron chi connectivity index (χ2n) is 2.48. The topological polar surface area (TPSA) is 0 Å². The third-order valence-electron chi connectivity index (χ3n) is 1.88. The molecule has 0 spiro atoms. The Morgan fingerprint density at radius 3 is 1.58 bits per heavy atom. The van der Waals surface area contributed by atoms with E-state index in [-0.39, 0.29) is 0 Å². The summed E-state index contributed by atoms with van der Waals surface area (Å²) in [5, 5.41) is 0. The van der Waals surface area contributed by atoms with Crippen LogP contribution in [-0.4, -0.2) is 14.6 Å². The molecule has 0 aliphatic carbocycles. The van der Waals surface area contributed by atoms with Gasteiger partial charge in [0.15, 0.2) is 0 Å². The van der Waals surface area contributed by atoms with E-state index in [4.69, 9.17) is 0 Å². The molecule has 1 aromatic rings. The summed E-state index contributed by atoms with van der Waals surface area (Å²) in [6.07, 6.45) is 2.31. The minimum absolute atomic E-state index is 1.16. The fraction of sp³-hybridized carbons (Fsp3) is 0.400. The van der Waals surface area contributed by atoms with Crippen LogP contribution in [0.15, 0.2) is 24.3 Å². The molecule has 0 N–H and O–H groups in total. The number of benzene rings is 1. The first kappa shape index (κ1) is 12.0. The van der Waals surface area contributed by atoms with Crippen molar-refractivity contribution in [2.45, 2.75) is 26.7 Å². The number of hydrogen-bond acceptors (Lipinski definition) is 1. The summed E-state index contributed by atoms with van der Waals surface area (Å²) in [6, 6.07) is 8.63. The van der Waals surface area contributed by atoms with Crippen LogP contribution in [0.3, 0.4) is 0 Å². The van der Waals surface area contributed by atoms with Crippen LogP contribution in [0.1, 0.15) is 25.0 Å². The molecule has 63 valence electrons. The zero-order valence-electron chi connectivity index (χ0n) is 7.71. The SMILES string of the molecule is CCc1ccccc1CC.[Al]=[S]. The summed E-state index contributed by atoms with van der Waals surface area (Å²) in [4.78, 5) is 0. The molecule has 0 aliphatic rings. The van der Waals surface area contributed by atoms with E-state index in [0.717, 1.165) is 12.8 Å². The zero-order valence-corrected chi connectivity index (χ0v) is 9.68. The van der Waals surface area contributed by atoms with E-state index >= 15 is 0 Å². The first-order chi connectivity index (χ1) is 5.88. The maximum atomic E-state index is 4.00. The first-order valence-corrected chi connectivity index (χ1v) is 6.07. The van der Waals surface area contributed by atoms with Crippen LogP contribution >= 0.6 is 10.5 Å². The summed E-state index contributed by atoms with van der Waals surface area (Å²) in [7, 11) is 4.00. The molecule has 0 aliphatic heterocycles. The molecule has 0 saturated carbocycles. The molecule has 0 fully saturated rings. The number of hydrogen-bond donors (Lipinski definition) is 0. The first-order valence-electron chi connectivity index (χ1n) is 4.18. The summed E-state index contributed by atoms with van der Waals surface area (Å²) < 4.78 is 0. The van der Waals surface area contributed by atoms with Crippen molar-refractivity contribution in [3.05, 3.63) is 35.4 Å². The molecule has 0 amide bonds. The standard InChI is InChI=1S/C10H14.Al.S/c1-3-9-7-5-6-8-10(9)4-2;;/h5-8H,3-4H2,1-2H3;;. The molecule has 2 heteroatoms. The van der Waals surface area contributed by atoms with Crippen LogP contribution in [0.25, 0.3) is 0 Å². The quantitative estimate of drug-likeness (QED) is 0.650. The van der Waals surface area contributed by atoms with E-state index in [1.54, 1.807) is 0 Å². The van der Waals surface area contributed by atoms with Gasteiger partial charge < -0.3 is 0 Å². The van der Waals surface area contributed by atoms with E-state index < -0.39 is 0 Å². The summed E-state index contributed by atoms with van der Waals surface area (Å²) in [5.41, 5.74) is 2.98. The van der Waals surface area contributed by atoms with Crippen LogP contribution in [-0.2, 0) is 12.8 Å². The molecule has 12 heavy (non-hydrogen) atoms. The molecule has 1 radical (unpaired) electrons. The van der Waals surface area contributed by atoms with Gasteiger partial charge in [-0.1, -0.05) is 38.1 Å². The predicted octanol–water partition coefficient (Wildman–Crippen LogP) is 3.08. The van der Waals surface area contributed by atoms with Gasteiger partial charge >= 0.3 is 25.1 Å². The molecule has 1 rings (SSSR count).